The lowest BCUT2D eigenvalue weighted by molar-refractivity contribution is -0.161. The van der Waals surface area contributed by atoms with Crippen LogP contribution in [0.5, 0.6) is 0 Å². The Morgan fingerprint density at radius 3 is 0.821 bits per heavy atom. The Balaban J connectivity index is 5.44. The maximum atomic E-state index is 13.1. The fourth-order valence-electron chi connectivity index (χ4n) is 10.2. The van der Waals surface area contributed by atoms with Crippen LogP contribution in [0, 0.1) is 0 Å². The quantitative estimate of drug-likeness (QED) is 0.0169. The zero-order valence-corrected chi connectivity index (χ0v) is 67.6. The van der Waals surface area contributed by atoms with E-state index in [2.05, 4.69) is 180 Å². The van der Waals surface area contributed by atoms with E-state index in [1.807, 2.05) is 18.2 Å². The first kappa shape index (κ1) is 100. The van der Waals surface area contributed by atoms with Crippen molar-refractivity contribution in [3.63, 3.8) is 0 Å². The molecule has 106 heavy (non-hydrogen) atoms. The molecular formula is C87H142O17P2. The molecule has 0 aliphatic heterocycles. The van der Waals surface area contributed by atoms with Crippen molar-refractivity contribution in [2.24, 2.45) is 0 Å². The van der Waals surface area contributed by atoms with Gasteiger partial charge in [-0.2, -0.15) is 0 Å². The molecule has 0 aliphatic rings. The molecule has 0 aliphatic carbocycles. The van der Waals surface area contributed by atoms with Gasteiger partial charge in [0.1, 0.15) is 19.3 Å². The van der Waals surface area contributed by atoms with E-state index in [4.69, 9.17) is 37.0 Å². The fraction of sp³-hybridized carbons (Fsp3) is 0.632. The molecule has 5 atom stereocenters. The number of carbonyl (C=O) groups is 4. The third kappa shape index (κ3) is 76.6. The Hall–Kier alpha value is -5.58. The zero-order valence-electron chi connectivity index (χ0n) is 65.8. The minimum absolute atomic E-state index is 0.0324. The van der Waals surface area contributed by atoms with Crippen LogP contribution in [0.4, 0.5) is 0 Å². The highest BCUT2D eigenvalue weighted by molar-refractivity contribution is 7.47. The molecule has 0 bridgehead atoms. The molecule has 0 saturated heterocycles. The smallest absolute Gasteiger partial charge is 0.462 e. The van der Waals surface area contributed by atoms with Crippen molar-refractivity contribution in [3.05, 3.63) is 170 Å². The number of esters is 4. The Morgan fingerprint density at radius 1 is 0.274 bits per heavy atom. The van der Waals surface area contributed by atoms with E-state index in [1.54, 1.807) is 0 Å². The molecule has 0 aromatic rings. The van der Waals surface area contributed by atoms with Crippen LogP contribution in [0.2, 0.25) is 0 Å². The highest BCUT2D eigenvalue weighted by Crippen LogP contribution is 2.45. The number of rotatable bonds is 74. The van der Waals surface area contributed by atoms with Crippen molar-refractivity contribution in [3.8, 4) is 0 Å². The van der Waals surface area contributed by atoms with Crippen LogP contribution >= 0.6 is 15.6 Å². The summed E-state index contributed by atoms with van der Waals surface area (Å²) < 4.78 is 68.5. The molecule has 5 unspecified atom stereocenters. The number of allylic oxidation sites excluding steroid dienone is 28. The normalized spacial score (nSPS) is 14.7. The first-order valence-corrected chi connectivity index (χ1v) is 43.4. The number of carbonyl (C=O) groups excluding carboxylic acids is 4. The largest absolute Gasteiger partial charge is 0.472 e. The number of phosphoric ester groups is 2. The minimum atomic E-state index is -5.00. The summed E-state index contributed by atoms with van der Waals surface area (Å²) in [5.74, 6) is -2.33. The van der Waals surface area contributed by atoms with Gasteiger partial charge < -0.3 is 33.8 Å². The van der Waals surface area contributed by atoms with Gasteiger partial charge in [0.15, 0.2) is 12.2 Å². The number of hydrogen-bond donors (Lipinski definition) is 3. The van der Waals surface area contributed by atoms with Crippen LogP contribution in [0.25, 0.3) is 0 Å². The van der Waals surface area contributed by atoms with Crippen LogP contribution in [0.3, 0.4) is 0 Å². The average Bonchev–Trinajstić information content (AvgIpc) is 0.901. The number of unbranched alkanes of at least 4 members (excludes halogenated alkanes) is 20. The first-order valence-electron chi connectivity index (χ1n) is 40.4. The van der Waals surface area contributed by atoms with Crippen LogP contribution in [-0.4, -0.2) is 96.7 Å². The Bertz CT molecular complexity index is 2680. The number of aliphatic hydroxyl groups excluding tert-OH is 1. The SMILES string of the molecule is CC/C=C\C/C=C\C/C=C\C/C=C\C/C=C\C/C=C\CCC(=O)OCC(COP(=O)(O)OCC(O)COP(=O)(O)OCC(COC(=O)CCCCC/C=C\C/C=C\C/C=C\C/C=C\C/C=C\CC)OC(=O)CCCCCCCCC/C=C\C/C=C\C/C=C\CC)OC(=O)CCCCCCCCCCCCC. The summed E-state index contributed by atoms with van der Waals surface area (Å²) in [6.07, 6.45) is 92.1. The molecule has 0 radical (unpaired) electrons. The molecule has 0 spiro atoms. The topological polar surface area (TPSA) is 237 Å². The second kappa shape index (κ2) is 77.6. The van der Waals surface area contributed by atoms with Gasteiger partial charge in [-0.3, -0.25) is 37.3 Å². The van der Waals surface area contributed by atoms with Gasteiger partial charge in [0.05, 0.1) is 26.4 Å². The second-order valence-electron chi connectivity index (χ2n) is 26.2. The van der Waals surface area contributed by atoms with Gasteiger partial charge in [0.25, 0.3) is 0 Å². The van der Waals surface area contributed by atoms with Crippen molar-refractivity contribution >= 4 is 39.5 Å². The molecular weight excluding hydrogens is 1380 g/mol. The van der Waals surface area contributed by atoms with Crippen molar-refractivity contribution in [1.82, 2.24) is 0 Å². The van der Waals surface area contributed by atoms with E-state index in [-0.39, 0.29) is 25.7 Å². The summed E-state index contributed by atoms with van der Waals surface area (Å²) in [4.78, 5) is 73.0. The van der Waals surface area contributed by atoms with E-state index in [0.29, 0.717) is 32.1 Å². The third-order valence-corrected chi connectivity index (χ3v) is 18.1. The Morgan fingerprint density at radius 2 is 0.509 bits per heavy atom. The second-order valence-corrected chi connectivity index (χ2v) is 29.1. The van der Waals surface area contributed by atoms with E-state index in [1.165, 1.54) is 38.5 Å². The molecule has 0 heterocycles. The molecule has 0 aromatic heterocycles. The van der Waals surface area contributed by atoms with Crippen LogP contribution in [0.15, 0.2) is 170 Å². The average molecular weight is 1520 g/mol. The zero-order chi connectivity index (χ0) is 77.4. The highest BCUT2D eigenvalue weighted by Gasteiger charge is 2.30. The van der Waals surface area contributed by atoms with Gasteiger partial charge in [-0.25, -0.2) is 9.13 Å². The Labute approximate surface area is 642 Å². The number of phosphoric acid groups is 2. The number of ether oxygens (including phenoxy) is 4. The molecule has 17 nitrogen and oxygen atoms in total. The van der Waals surface area contributed by atoms with Gasteiger partial charge >= 0.3 is 39.5 Å². The van der Waals surface area contributed by atoms with Crippen LogP contribution in [0.1, 0.15) is 297 Å². The fourth-order valence-corrected chi connectivity index (χ4v) is 11.7. The van der Waals surface area contributed by atoms with Crippen molar-refractivity contribution < 1.29 is 80.2 Å². The van der Waals surface area contributed by atoms with Gasteiger partial charge in [-0.15, -0.1) is 0 Å². The number of hydrogen-bond acceptors (Lipinski definition) is 15. The van der Waals surface area contributed by atoms with Gasteiger partial charge in [-0.1, -0.05) is 301 Å². The summed E-state index contributed by atoms with van der Waals surface area (Å²) in [5.41, 5.74) is 0. The van der Waals surface area contributed by atoms with E-state index in [9.17, 15) is 43.2 Å². The monoisotopic (exact) mass is 1520 g/mol. The molecule has 19 heteroatoms. The van der Waals surface area contributed by atoms with Crippen LogP contribution < -0.4 is 0 Å². The van der Waals surface area contributed by atoms with Gasteiger partial charge in [0.2, 0.25) is 0 Å². The van der Waals surface area contributed by atoms with Crippen molar-refractivity contribution in [2.75, 3.05) is 39.6 Å². The number of aliphatic hydroxyl groups is 1. The highest BCUT2D eigenvalue weighted by atomic mass is 31.2. The minimum Gasteiger partial charge on any atom is -0.462 e. The molecule has 3 N–H and O–H groups in total. The van der Waals surface area contributed by atoms with Gasteiger partial charge in [-0.05, 0) is 141 Å². The molecule has 0 fully saturated rings. The predicted octanol–water partition coefficient (Wildman–Crippen LogP) is 23.8. The maximum Gasteiger partial charge on any atom is 0.472 e. The molecule has 0 aromatic carbocycles. The lowest BCUT2D eigenvalue weighted by Crippen LogP contribution is -2.30. The lowest BCUT2D eigenvalue weighted by Gasteiger charge is -2.21. The summed E-state index contributed by atoms with van der Waals surface area (Å²) in [6, 6.07) is 0. The molecule has 602 valence electrons. The van der Waals surface area contributed by atoms with Crippen LogP contribution in [-0.2, 0) is 65.4 Å². The summed E-state index contributed by atoms with van der Waals surface area (Å²) >= 11 is 0. The first-order chi connectivity index (χ1) is 51.7. The standard InChI is InChI=1S/C87H142O17P2/c1-5-9-13-17-21-25-29-32-35-38-40-43-45-48-52-55-59-63-67-71-84(89)97-77-82(103-86(91)73-69-65-61-57-51-28-24-20-16-12-8-4)79-101-105(93,94)99-75-81(88)76-100-106(95,96)102-80-83(104-87(92)74-70-66-62-58-54-50-47-42-37-34-31-27-23-19-15-11-7-3)78-98-85(90)72-68-64-60-56-53-49-46-44-41-39-36-33-30-26-22-18-14-10-6-2/h9-11,13-15,21-23,25-27,32-37,40-41,43-44,48-49,52-53,59,63,81-83,88H,5-8,12,16-20,24,28-31,38-39,42,45-47,50-51,54-58,60-62,64-80H2,1-4H3,(H,93,94)(H,95,96)/b13-9-,14-10-,15-11-,25-21-,26-22-,27-23-,35-32-,36-33-,37-34-,43-40-,44-41-,52-48-,53-49-,63-59-. The van der Waals surface area contributed by atoms with E-state index in [0.717, 1.165) is 173 Å². The predicted molar refractivity (Wildman–Crippen MR) is 436 cm³/mol. The van der Waals surface area contributed by atoms with Crippen molar-refractivity contribution in [2.45, 2.75) is 316 Å². The lowest BCUT2D eigenvalue weighted by atomic mass is 10.1. The summed E-state index contributed by atoms with van der Waals surface area (Å²) in [5, 5.41) is 10.6. The molecule has 0 saturated carbocycles. The summed E-state index contributed by atoms with van der Waals surface area (Å²) in [6.45, 7) is 4.39. The van der Waals surface area contributed by atoms with E-state index >= 15 is 0 Å². The molecule has 0 amide bonds. The Kier molecular flexibility index (Phi) is 73.5. The molecule has 0 rings (SSSR count). The van der Waals surface area contributed by atoms with Gasteiger partial charge in [0, 0.05) is 25.7 Å². The summed E-state index contributed by atoms with van der Waals surface area (Å²) in [7, 11) is -10.00. The third-order valence-electron chi connectivity index (χ3n) is 16.2. The van der Waals surface area contributed by atoms with Crippen molar-refractivity contribution in [1.29, 1.82) is 0 Å². The maximum absolute atomic E-state index is 13.1. The van der Waals surface area contributed by atoms with E-state index < -0.39 is 97.5 Å².